The first-order valence-electron chi connectivity index (χ1n) is 7.00. The number of rotatable bonds is 8. The Morgan fingerprint density at radius 1 is 1.37 bits per heavy atom. The van der Waals surface area contributed by atoms with E-state index in [1.807, 2.05) is 11.8 Å². The van der Waals surface area contributed by atoms with E-state index in [1.165, 1.54) is 11.3 Å². The van der Waals surface area contributed by atoms with E-state index in [9.17, 15) is 0 Å². The highest BCUT2D eigenvalue weighted by Gasteiger charge is 2.09. The maximum atomic E-state index is 4.78. The summed E-state index contributed by atoms with van der Waals surface area (Å²) in [6.07, 6.45) is 2.14. The van der Waals surface area contributed by atoms with Crippen LogP contribution in [0.4, 0.5) is 5.82 Å². The van der Waals surface area contributed by atoms with Gasteiger partial charge in [0.1, 0.15) is 5.82 Å². The Bertz CT molecular complexity index is 380. The number of anilines is 1. The highest BCUT2D eigenvalue weighted by Crippen LogP contribution is 2.20. The van der Waals surface area contributed by atoms with Crippen molar-refractivity contribution in [1.82, 2.24) is 10.3 Å². The van der Waals surface area contributed by atoms with Crippen molar-refractivity contribution in [3.05, 3.63) is 23.4 Å². The Morgan fingerprint density at radius 2 is 2.11 bits per heavy atom. The van der Waals surface area contributed by atoms with Crippen molar-refractivity contribution >= 4 is 17.6 Å². The standard InChI is InChI=1S/C15H27N3S/c1-6-16-11-13-9-14(12(2)3)17-15(10-13)18(4)7-8-19-5/h9-10,12,16H,6-8,11H2,1-5H3. The number of pyridine rings is 1. The number of nitrogens with one attached hydrogen (secondary N) is 1. The van der Waals surface area contributed by atoms with Crippen molar-refractivity contribution in [2.45, 2.75) is 33.2 Å². The van der Waals surface area contributed by atoms with Crippen LogP contribution in [0.5, 0.6) is 0 Å². The number of hydrogen-bond donors (Lipinski definition) is 1. The molecule has 0 bridgehead atoms. The van der Waals surface area contributed by atoms with Crippen LogP contribution in [-0.2, 0) is 6.54 Å². The van der Waals surface area contributed by atoms with Crippen molar-refractivity contribution in [1.29, 1.82) is 0 Å². The van der Waals surface area contributed by atoms with Gasteiger partial charge in [-0.05, 0) is 36.4 Å². The Labute approximate surface area is 122 Å². The summed E-state index contributed by atoms with van der Waals surface area (Å²) in [7, 11) is 2.12. The van der Waals surface area contributed by atoms with Gasteiger partial charge in [-0.1, -0.05) is 20.8 Å². The van der Waals surface area contributed by atoms with Gasteiger partial charge in [0.05, 0.1) is 0 Å². The molecule has 4 heteroatoms. The van der Waals surface area contributed by atoms with E-state index < -0.39 is 0 Å². The summed E-state index contributed by atoms with van der Waals surface area (Å²) < 4.78 is 0. The van der Waals surface area contributed by atoms with Gasteiger partial charge in [-0.15, -0.1) is 0 Å². The third kappa shape index (κ3) is 5.41. The van der Waals surface area contributed by atoms with Crippen LogP contribution in [0, 0.1) is 0 Å². The van der Waals surface area contributed by atoms with E-state index in [0.29, 0.717) is 5.92 Å². The summed E-state index contributed by atoms with van der Waals surface area (Å²) in [5.41, 5.74) is 2.51. The van der Waals surface area contributed by atoms with Crippen molar-refractivity contribution in [2.24, 2.45) is 0 Å². The third-order valence-electron chi connectivity index (χ3n) is 3.08. The highest BCUT2D eigenvalue weighted by molar-refractivity contribution is 7.98. The zero-order chi connectivity index (χ0) is 14.3. The summed E-state index contributed by atoms with van der Waals surface area (Å²) in [5, 5.41) is 3.39. The minimum atomic E-state index is 0.467. The van der Waals surface area contributed by atoms with E-state index in [1.54, 1.807) is 0 Å². The van der Waals surface area contributed by atoms with E-state index in [2.05, 4.69) is 56.4 Å². The van der Waals surface area contributed by atoms with Crippen molar-refractivity contribution in [2.75, 3.05) is 37.0 Å². The molecule has 0 fully saturated rings. The normalized spacial score (nSPS) is 11.1. The maximum Gasteiger partial charge on any atom is 0.128 e. The lowest BCUT2D eigenvalue weighted by Crippen LogP contribution is -2.22. The largest absolute Gasteiger partial charge is 0.359 e. The molecule has 1 N–H and O–H groups in total. The first kappa shape index (κ1) is 16.3. The molecule has 0 radical (unpaired) electrons. The summed E-state index contributed by atoms with van der Waals surface area (Å²) >= 11 is 1.87. The molecule has 0 atom stereocenters. The minimum Gasteiger partial charge on any atom is -0.359 e. The lowest BCUT2D eigenvalue weighted by Gasteiger charge is -2.20. The molecular formula is C15H27N3S. The van der Waals surface area contributed by atoms with Crippen LogP contribution in [0.2, 0.25) is 0 Å². The van der Waals surface area contributed by atoms with Gasteiger partial charge in [-0.3, -0.25) is 0 Å². The van der Waals surface area contributed by atoms with Gasteiger partial charge < -0.3 is 10.2 Å². The molecule has 0 spiro atoms. The summed E-state index contributed by atoms with van der Waals surface area (Å²) in [6, 6.07) is 4.42. The average molecular weight is 281 g/mol. The molecule has 0 aliphatic heterocycles. The molecule has 0 aliphatic carbocycles. The van der Waals surface area contributed by atoms with Crippen LogP contribution in [0.15, 0.2) is 12.1 Å². The predicted molar refractivity (Wildman–Crippen MR) is 87.4 cm³/mol. The Morgan fingerprint density at radius 3 is 2.68 bits per heavy atom. The molecule has 0 unspecified atom stereocenters. The van der Waals surface area contributed by atoms with Gasteiger partial charge in [0.25, 0.3) is 0 Å². The Balaban J connectivity index is 2.91. The molecule has 0 amide bonds. The molecule has 19 heavy (non-hydrogen) atoms. The molecule has 0 saturated heterocycles. The van der Waals surface area contributed by atoms with Gasteiger partial charge in [-0.25, -0.2) is 4.98 Å². The fourth-order valence-electron chi connectivity index (χ4n) is 1.80. The monoisotopic (exact) mass is 281 g/mol. The van der Waals surface area contributed by atoms with E-state index in [0.717, 1.165) is 31.2 Å². The molecule has 1 rings (SSSR count). The zero-order valence-corrected chi connectivity index (χ0v) is 13.7. The topological polar surface area (TPSA) is 28.2 Å². The molecular weight excluding hydrogens is 254 g/mol. The van der Waals surface area contributed by atoms with E-state index in [4.69, 9.17) is 4.98 Å². The van der Waals surface area contributed by atoms with Crippen molar-refractivity contribution in [3.63, 3.8) is 0 Å². The second-order valence-electron chi connectivity index (χ2n) is 5.11. The first-order chi connectivity index (χ1) is 9.08. The molecule has 0 saturated carbocycles. The van der Waals surface area contributed by atoms with Crippen LogP contribution in [0.1, 0.15) is 37.9 Å². The summed E-state index contributed by atoms with van der Waals surface area (Å²) in [4.78, 5) is 7.03. The number of hydrogen-bond acceptors (Lipinski definition) is 4. The highest BCUT2D eigenvalue weighted by atomic mass is 32.2. The second kappa shape index (κ2) is 8.43. The van der Waals surface area contributed by atoms with E-state index >= 15 is 0 Å². The van der Waals surface area contributed by atoms with Crippen LogP contribution in [-0.4, -0.2) is 37.1 Å². The molecule has 1 aromatic heterocycles. The molecule has 108 valence electrons. The molecule has 3 nitrogen and oxygen atoms in total. The first-order valence-corrected chi connectivity index (χ1v) is 8.39. The Hall–Kier alpha value is -0.740. The molecule has 0 aromatic carbocycles. The van der Waals surface area contributed by atoms with E-state index in [-0.39, 0.29) is 0 Å². The number of nitrogens with zero attached hydrogens (tertiary/aromatic N) is 2. The summed E-state index contributed by atoms with van der Waals surface area (Å²) in [5.74, 6) is 2.69. The SMILES string of the molecule is CCNCc1cc(C(C)C)nc(N(C)CCSC)c1. The van der Waals surface area contributed by atoms with Crippen molar-refractivity contribution < 1.29 is 0 Å². The smallest absolute Gasteiger partial charge is 0.128 e. The van der Waals surface area contributed by atoms with Gasteiger partial charge in [-0.2, -0.15) is 11.8 Å². The van der Waals surface area contributed by atoms with Crippen LogP contribution >= 0.6 is 11.8 Å². The molecule has 0 aliphatic rings. The lowest BCUT2D eigenvalue weighted by molar-refractivity contribution is 0.719. The fraction of sp³-hybridized carbons (Fsp3) is 0.667. The quantitative estimate of drug-likeness (QED) is 0.792. The van der Waals surface area contributed by atoms with Gasteiger partial charge >= 0.3 is 0 Å². The molecule has 1 aromatic rings. The third-order valence-corrected chi connectivity index (χ3v) is 3.67. The van der Waals surface area contributed by atoms with Crippen molar-refractivity contribution in [3.8, 4) is 0 Å². The maximum absolute atomic E-state index is 4.78. The van der Waals surface area contributed by atoms with Gasteiger partial charge in [0, 0.05) is 31.6 Å². The van der Waals surface area contributed by atoms with Crippen LogP contribution in [0.25, 0.3) is 0 Å². The second-order valence-corrected chi connectivity index (χ2v) is 6.09. The van der Waals surface area contributed by atoms with Crippen LogP contribution < -0.4 is 10.2 Å². The zero-order valence-electron chi connectivity index (χ0n) is 12.9. The fourth-order valence-corrected chi connectivity index (χ4v) is 2.26. The van der Waals surface area contributed by atoms with Gasteiger partial charge in [0.2, 0.25) is 0 Å². The average Bonchev–Trinajstić information content (AvgIpc) is 2.42. The predicted octanol–water partition coefficient (Wildman–Crippen LogP) is 3.11. The number of thioether (sulfide) groups is 1. The van der Waals surface area contributed by atoms with Crippen LogP contribution in [0.3, 0.4) is 0 Å². The molecule has 1 heterocycles. The Kier molecular flexibility index (Phi) is 7.24. The van der Waals surface area contributed by atoms with Gasteiger partial charge in [0.15, 0.2) is 0 Å². The summed E-state index contributed by atoms with van der Waals surface area (Å²) in [6.45, 7) is 9.49. The number of aromatic nitrogens is 1. The lowest BCUT2D eigenvalue weighted by atomic mass is 10.1. The minimum absolute atomic E-state index is 0.467.